The quantitative estimate of drug-likeness (QED) is 0.668. The first-order valence-electron chi connectivity index (χ1n) is 6.93. The van der Waals surface area contributed by atoms with E-state index in [0.717, 1.165) is 31.4 Å². The van der Waals surface area contributed by atoms with Crippen LogP contribution in [0.2, 0.25) is 0 Å². The fourth-order valence-electron chi connectivity index (χ4n) is 1.72. The van der Waals surface area contributed by atoms with Crippen LogP contribution in [0.25, 0.3) is 0 Å². The van der Waals surface area contributed by atoms with E-state index in [9.17, 15) is 4.79 Å². The maximum atomic E-state index is 11.9. The van der Waals surface area contributed by atoms with Crippen molar-refractivity contribution in [1.29, 1.82) is 0 Å². The van der Waals surface area contributed by atoms with E-state index < -0.39 is 0 Å². The summed E-state index contributed by atoms with van der Waals surface area (Å²) >= 11 is 0. The molecule has 19 heavy (non-hydrogen) atoms. The summed E-state index contributed by atoms with van der Waals surface area (Å²) in [4.78, 5) is 11.9. The van der Waals surface area contributed by atoms with Gasteiger partial charge in [-0.1, -0.05) is 25.5 Å². The van der Waals surface area contributed by atoms with Gasteiger partial charge in [-0.3, -0.25) is 4.79 Å². The van der Waals surface area contributed by atoms with Gasteiger partial charge in [0.1, 0.15) is 0 Å². The average Bonchev–Trinajstić information content (AvgIpc) is 2.43. The van der Waals surface area contributed by atoms with Crippen molar-refractivity contribution in [3.8, 4) is 0 Å². The number of rotatable bonds is 9. The van der Waals surface area contributed by atoms with Crippen molar-refractivity contribution in [3.63, 3.8) is 0 Å². The van der Waals surface area contributed by atoms with E-state index in [1.165, 1.54) is 0 Å². The van der Waals surface area contributed by atoms with E-state index in [4.69, 9.17) is 10.5 Å². The van der Waals surface area contributed by atoms with Gasteiger partial charge in [0.15, 0.2) is 0 Å². The fraction of sp³-hybridized carbons (Fsp3) is 0.533. The summed E-state index contributed by atoms with van der Waals surface area (Å²) in [5.74, 6) is -0.0574. The van der Waals surface area contributed by atoms with Crippen LogP contribution < -0.4 is 11.1 Å². The van der Waals surface area contributed by atoms with E-state index in [2.05, 4.69) is 12.2 Å². The summed E-state index contributed by atoms with van der Waals surface area (Å²) in [6.45, 7) is 4.59. The summed E-state index contributed by atoms with van der Waals surface area (Å²) in [6.07, 6.45) is 2.98. The molecule has 0 fully saturated rings. The molecule has 0 aliphatic heterocycles. The number of hydrogen-bond acceptors (Lipinski definition) is 3. The molecule has 0 saturated heterocycles. The van der Waals surface area contributed by atoms with Crippen LogP contribution in [0.5, 0.6) is 0 Å². The standard InChI is InChI=1S/C15H24N2O2/c1-2-3-10-19-11-9-17-15(18)14-6-4-5-13(12-14)7-8-16/h4-6,12H,2-3,7-11,16H2,1H3,(H,17,18). The Kier molecular flexibility index (Phi) is 7.86. The molecule has 1 aromatic carbocycles. The largest absolute Gasteiger partial charge is 0.380 e. The first kappa shape index (κ1) is 15.7. The number of nitrogens with one attached hydrogen (secondary N) is 1. The molecular formula is C15H24N2O2. The summed E-state index contributed by atoms with van der Waals surface area (Å²) in [7, 11) is 0. The lowest BCUT2D eigenvalue weighted by Gasteiger charge is -2.07. The molecule has 0 heterocycles. The van der Waals surface area contributed by atoms with Crippen LogP contribution >= 0.6 is 0 Å². The van der Waals surface area contributed by atoms with Gasteiger partial charge in [-0.15, -0.1) is 0 Å². The molecule has 106 valence electrons. The SMILES string of the molecule is CCCCOCCNC(=O)c1cccc(CCN)c1. The van der Waals surface area contributed by atoms with Gasteiger partial charge in [-0.2, -0.15) is 0 Å². The van der Waals surface area contributed by atoms with Gasteiger partial charge < -0.3 is 15.8 Å². The topological polar surface area (TPSA) is 64.3 Å². The molecule has 0 radical (unpaired) electrons. The van der Waals surface area contributed by atoms with E-state index in [1.807, 2.05) is 24.3 Å². The first-order valence-corrected chi connectivity index (χ1v) is 6.93. The molecule has 0 aliphatic carbocycles. The summed E-state index contributed by atoms with van der Waals surface area (Å²) in [5.41, 5.74) is 7.28. The number of carbonyl (C=O) groups excluding carboxylic acids is 1. The molecule has 1 rings (SSSR count). The van der Waals surface area contributed by atoms with Gasteiger partial charge in [0.25, 0.3) is 5.91 Å². The second kappa shape index (κ2) is 9.53. The van der Waals surface area contributed by atoms with Crippen molar-refractivity contribution in [1.82, 2.24) is 5.32 Å². The fourth-order valence-corrected chi connectivity index (χ4v) is 1.72. The predicted octanol–water partition coefficient (Wildman–Crippen LogP) is 1.73. The zero-order valence-electron chi connectivity index (χ0n) is 11.7. The first-order chi connectivity index (χ1) is 9.27. The molecule has 0 unspecified atom stereocenters. The van der Waals surface area contributed by atoms with Crippen molar-refractivity contribution in [3.05, 3.63) is 35.4 Å². The smallest absolute Gasteiger partial charge is 0.251 e. The highest BCUT2D eigenvalue weighted by Gasteiger charge is 2.05. The van der Waals surface area contributed by atoms with Crippen LogP contribution in [0.4, 0.5) is 0 Å². The molecule has 0 spiro atoms. The third-order valence-electron chi connectivity index (χ3n) is 2.80. The molecule has 1 amide bonds. The van der Waals surface area contributed by atoms with Crippen LogP contribution in [0.3, 0.4) is 0 Å². The molecule has 0 bridgehead atoms. The van der Waals surface area contributed by atoms with Gasteiger partial charge in [0.05, 0.1) is 6.61 Å². The highest BCUT2D eigenvalue weighted by molar-refractivity contribution is 5.94. The number of carbonyl (C=O) groups is 1. The van der Waals surface area contributed by atoms with Crippen LogP contribution in [0.15, 0.2) is 24.3 Å². The number of nitrogens with two attached hydrogens (primary N) is 1. The molecule has 3 N–H and O–H groups in total. The van der Waals surface area contributed by atoms with Crippen molar-refractivity contribution >= 4 is 5.91 Å². The van der Waals surface area contributed by atoms with Crippen LogP contribution in [-0.4, -0.2) is 32.2 Å². The Labute approximate surface area is 115 Å². The Balaban J connectivity index is 2.30. The van der Waals surface area contributed by atoms with Crippen LogP contribution in [0, 0.1) is 0 Å². The Morgan fingerprint density at radius 2 is 2.21 bits per heavy atom. The second-order valence-electron chi connectivity index (χ2n) is 4.46. The van der Waals surface area contributed by atoms with E-state index in [-0.39, 0.29) is 5.91 Å². The number of ether oxygens (including phenoxy) is 1. The maximum Gasteiger partial charge on any atom is 0.251 e. The molecule has 0 saturated carbocycles. The van der Waals surface area contributed by atoms with E-state index >= 15 is 0 Å². The monoisotopic (exact) mass is 264 g/mol. The third kappa shape index (κ3) is 6.36. The van der Waals surface area contributed by atoms with Gasteiger partial charge in [0, 0.05) is 18.7 Å². The molecule has 4 heteroatoms. The second-order valence-corrected chi connectivity index (χ2v) is 4.46. The highest BCUT2D eigenvalue weighted by atomic mass is 16.5. The zero-order chi connectivity index (χ0) is 13.9. The van der Waals surface area contributed by atoms with Crippen molar-refractivity contribution in [2.45, 2.75) is 26.2 Å². The molecule has 4 nitrogen and oxygen atoms in total. The van der Waals surface area contributed by atoms with E-state index in [0.29, 0.717) is 25.3 Å². The maximum absolute atomic E-state index is 11.9. The minimum atomic E-state index is -0.0574. The molecule has 1 aromatic rings. The lowest BCUT2D eigenvalue weighted by Crippen LogP contribution is -2.27. The summed E-state index contributed by atoms with van der Waals surface area (Å²) < 4.78 is 5.39. The Hall–Kier alpha value is -1.39. The molecule has 0 atom stereocenters. The number of hydrogen-bond donors (Lipinski definition) is 2. The van der Waals surface area contributed by atoms with Gasteiger partial charge in [-0.25, -0.2) is 0 Å². The minimum Gasteiger partial charge on any atom is -0.380 e. The average molecular weight is 264 g/mol. The lowest BCUT2D eigenvalue weighted by atomic mass is 10.1. The Morgan fingerprint density at radius 3 is 2.95 bits per heavy atom. The van der Waals surface area contributed by atoms with Crippen LogP contribution in [-0.2, 0) is 11.2 Å². The molecular weight excluding hydrogens is 240 g/mol. The predicted molar refractivity (Wildman–Crippen MR) is 77.3 cm³/mol. The zero-order valence-corrected chi connectivity index (χ0v) is 11.7. The highest BCUT2D eigenvalue weighted by Crippen LogP contribution is 2.05. The molecule has 0 aromatic heterocycles. The van der Waals surface area contributed by atoms with Crippen molar-refractivity contribution < 1.29 is 9.53 Å². The van der Waals surface area contributed by atoms with E-state index in [1.54, 1.807) is 0 Å². The van der Waals surface area contributed by atoms with Crippen molar-refractivity contribution in [2.24, 2.45) is 5.73 Å². The van der Waals surface area contributed by atoms with Crippen molar-refractivity contribution in [2.75, 3.05) is 26.3 Å². The van der Waals surface area contributed by atoms with Gasteiger partial charge >= 0.3 is 0 Å². The molecule has 0 aliphatic rings. The normalized spacial score (nSPS) is 10.4. The third-order valence-corrected chi connectivity index (χ3v) is 2.80. The number of unbranched alkanes of at least 4 members (excludes halogenated alkanes) is 1. The minimum absolute atomic E-state index is 0.0574. The van der Waals surface area contributed by atoms with Gasteiger partial charge in [-0.05, 0) is 37.1 Å². The number of benzene rings is 1. The Bertz CT molecular complexity index is 380. The lowest BCUT2D eigenvalue weighted by molar-refractivity contribution is 0.0912. The van der Waals surface area contributed by atoms with Gasteiger partial charge in [0.2, 0.25) is 0 Å². The summed E-state index contributed by atoms with van der Waals surface area (Å²) in [5, 5.41) is 2.85. The van der Waals surface area contributed by atoms with Crippen LogP contribution in [0.1, 0.15) is 35.7 Å². The number of amides is 1. The summed E-state index contributed by atoms with van der Waals surface area (Å²) in [6, 6.07) is 7.57. The Morgan fingerprint density at radius 1 is 1.37 bits per heavy atom.